The van der Waals surface area contributed by atoms with Crippen molar-refractivity contribution in [2.75, 3.05) is 27.4 Å². The van der Waals surface area contributed by atoms with Crippen LogP contribution in [0.3, 0.4) is 0 Å². The molecule has 0 saturated heterocycles. The number of amides is 1. The van der Waals surface area contributed by atoms with Crippen LogP contribution < -0.4 is 14.2 Å². The highest BCUT2D eigenvalue weighted by molar-refractivity contribution is 5.95. The molecule has 5 nitrogen and oxygen atoms in total. The van der Waals surface area contributed by atoms with Gasteiger partial charge in [-0.15, -0.1) is 0 Å². The lowest BCUT2D eigenvalue weighted by atomic mass is 10.0. The predicted octanol–water partition coefficient (Wildman–Crippen LogP) is 3.30. The fraction of sp³-hybridized carbons (Fsp3) is 0.316. The largest absolute Gasteiger partial charge is 0.496 e. The third kappa shape index (κ3) is 3.02. The van der Waals surface area contributed by atoms with Crippen molar-refractivity contribution >= 4 is 5.91 Å². The van der Waals surface area contributed by atoms with Crippen LogP contribution in [-0.4, -0.2) is 38.2 Å². The first kappa shape index (κ1) is 16.2. The Labute approximate surface area is 141 Å². The number of benzene rings is 2. The van der Waals surface area contributed by atoms with E-state index in [1.165, 1.54) is 0 Å². The highest BCUT2D eigenvalue weighted by atomic mass is 16.6. The standard InChI is InChI=1S/C19H21NO4/c1-13(15-6-4-5-7-16(15)22-3)20(2)19(21)14-8-9-17-18(12-14)24-11-10-23-17/h4-9,12-13H,10-11H2,1-3H3. The topological polar surface area (TPSA) is 48.0 Å². The Hall–Kier alpha value is -2.69. The van der Waals surface area contributed by atoms with Crippen molar-refractivity contribution in [2.24, 2.45) is 0 Å². The Bertz CT molecular complexity index is 744. The van der Waals surface area contributed by atoms with E-state index in [1.807, 2.05) is 31.2 Å². The quantitative estimate of drug-likeness (QED) is 0.864. The van der Waals surface area contributed by atoms with Crippen molar-refractivity contribution in [1.29, 1.82) is 0 Å². The molecule has 5 heteroatoms. The van der Waals surface area contributed by atoms with E-state index in [0.29, 0.717) is 30.3 Å². The third-order valence-electron chi connectivity index (χ3n) is 4.28. The Morgan fingerprint density at radius 1 is 1.12 bits per heavy atom. The van der Waals surface area contributed by atoms with Crippen molar-refractivity contribution in [2.45, 2.75) is 13.0 Å². The number of methoxy groups -OCH3 is 1. The SMILES string of the molecule is COc1ccccc1C(C)N(C)C(=O)c1ccc2c(c1)OCCO2. The van der Waals surface area contributed by atoms with Gasteiger partial charge in [0.05, 0.1) is 13.2 Å². The molecule has 1 heterocycles. The maximum atomic E-state index is 12.8. The monoisotopic (exact) mass is 327 g/mol. The van der Waals surface area contributed by atoms with Crippen molar-refractivity contribution in [3.8, 4) is 17.2 Å². The van der Waals surface area contributed by atoms with Gasteiger partial charge in [0.15, 0.2) is 11.5 Å². The molecule has 0 aliphatic carbocycles. The van der Waals surface area contributed by atoms with Gasteiger partial charge in [-0.05, 0) is 31.2 Å². The van der Waals surface area contributed by atoms with E-state index in [1.54, 1.807) is 37.3 Å². The molecular weight excluding hydrogens is 306 g/mol. The fourth-order valence-corrected chi connectivity index (χ4v) is 2.78. The molecule has 0 radical (unpaired) electrons. The molecule has 1 aliphatic rings. The van der Waals surface area contributed by atoms with Crippen LogP contribution in [0, 0.1) is 0 Å². The molecule has 0 saturated carbocycles. The maximum absolute atomic E-state index is 12.8. The number of rotatable bonds is 4. The first-order chi connectivity index (χ1) is 11.6. The average molecular weight is 327 g/mol. The van der Waals surface area contributed by atoms with Gasteiger partial charge in [-0.2, -0.15) is 0 Å². The van der Waals surface area contributed by atoms with Crippen LogP contribution in [0.5, 0.6) is 17.2 Å². The van der Waals surface area contributed by atoms with Crippen LogP contribution in [0.1, 0.15) is 28.9 Å². The molecule has 0 spiro atoms. The second-order valence-electron chi connectivity index (χ2n) is 5.69. The minimum absolute atomic E-state index is 0.0784. The summed E-state index contributed by atoms with van der Waals surface area (Å²) in [6.07, 6.45) is 0. The van der Waals surface area contributed by atoms with Gasteiger partial charge in [0.25, 0.3) is 5.91 Å². The smallest absolute Gasteiger partial charge is 0.254 e. The summed E-state index contributed by atoms with van der Waals surface area (Å²) in [6, 6.07) is 12.9. The van der Waals surface area contributed by atoms with Gasteiger partial charge in [-0.1, -0.05) is 18.2 Å². The normalized spacial score (nSPS) is 14.0. The Morgan fingerprint density at radius 2 is 1.83 bits per heavy atom. The van der Waals surface area contributed by atoms with Crippen LogP contribution in [0.2, 0.25) is 0 Å². The Balaban J connectivity index is 1.84. The lowest BCUT2D eigenvalue weighted by Gasteiger charge is -2.27. The molecule has 24 heavy (non-hydrogen) atoms. The first-order valence-electron chi connectivity index (χ1n) is 7.91. The van der Waals surface area contributed by atoms with E-state index in [0.717, 1.165) is 11.3 Å². The van der Waals surface area contributed by atoms with E-state index in [9.17, 15) is 4.79 Å². The van der Waals surface area contributed by atoms with E-state index in [4.69, 9.17) is 14.2 Å². The van der Waals surface area contributed by atoms with Gasteiger partial charge in [0, 0.05) is 18.2 Å². The lowest BCUT2D eigenvalue weighted by Crippen LogP contribution is -2.30. The summed E-state index contributed by atoms with van der Waals surface area (Å²) >= 11 is 0. The molecule has 0 aromatic heterocycles. The van der Waals surface area contributed by atoms with E-state index < -0.39 is 0 Å². The number of carbonyl (C=O) groups excluding carboxylic acids is 1. The van der Waals surface area contributed by atoms with Crippen LogP contribution in [0.25, 0.3) is 0 Å². The summed E-state index contributed by atoms with van der Waals surface area (Å²) < 4.78 is 16.5. The summed E-state index contributed by atoms with van der Waals surface area (Å²) in [7, 11) is 3.42. The van der Waals surface area contributed by atoms with Gasteiger partial charge in [0.1, 0.15) is 19.0 Å². The zero-order valence-electron chi connectivity index (χ0n) is 14.1. The lowest BCUT2D eigenvalue weighted by molar-refractivity contribution is 0.0740. The minimum atomic E-state index is -0.123. The average Bonchev–Trinajstić information content (AvgIpc) is 2.65. The minimum Gasteiger partial charge on any atom is -0.496 e. The van der Waals surface area contributed by atoms with Crippen LogP contribution >= 0.6 is 0 Å². The molecule has 2 aromatic carbocycles. The molecule has 1 atom stereocenters. The van der Waals surface area contributed by atoms with Gasteiger partial charge < -0.3 is 19.1 Å². The number of nitrogens with zero attached hydrogens (tertiary/aromatic N) is 1. The molecule has 1 amide bonds. The molecular formula is C19H21NO4. The molecule has 126 valence electrons. The van der Waals surface area contributed by atoms with Crippen LogP contribution in [-0.2, 0) is 0 Å². The highest BCUT2D eigenvalue weighted by Gasteiger charge is 2.23. The second kappa shape index (κ2) is 6.83. The number of para-hydroxylation sites is 1. The summed E-state index contributed by atoms with van der Waals surface area (Å²) in [5.74, 6) is 1.99. The fourth-order valence-electron chi connectivity index (χ4n) is 2.78. The van der Waals surface area contributed by atoms with Crippen LogP contribution in [0.15, 0.2) is 42.5 Å². The highest BCUT2D eigenvalue weighted by Crippen LogP contribution is 2.33. The number of hydrogen-bond donors (Lipinski definition) is 0. The second-order valence-corrected chi connectivity index (χ2v) is 5.69. The molecule has 0 bridgehead atoms. The third-order valence-corrected chi connectivity index (χ3v) is 4.28. The number of hydrogen-bond acceptors (Lipinski definition) is 4. The summed E-state index contributed by atoms with van der Waals surface area (Å²) in [5, 5.41) is 0. The van der Waals surface area contributed by atoms with Gasteiger partial charge in [0.2, 0.25) is 0 Å². The van der Waals surface area contributed by atoms with E-state index in [-0.39, 0.29) is 11.9 Å². The maximum Gasteiger partial charge on any atom is 0.254 e. The van der Waals surface area contributed by atoms with Crippen molar-refractivity contribution in [1.82, 2.24) is 4.90 Å². The first-order valence-corrected chi connectivity index (χ1v) is 7.91. The predicted molar refractivity (Wildman–Crippen MR) is 90.9 cm³/mol. The van der Waals surface area contributed by atoms with Crippen LogP contribution in [0.4, 0.5) is 0 Å². The van der Waals surface area contributed by atoms with Crippen molar-refractivity contribution in [3.63, 3.8) is 0 Å². The zero-order chi connectivity index (χ0) is 17.1. The molecule has 0 fully saturated rings. The molecule has 0 N–H and O–H groups in total. The number of ether oxygens (including phenoxy) is 3. The number of carbonyl (C=O) groups is 1. The van der Waals surface area contributed by atoms with E-state index >= 15 is 0 Å². The summed E-state index contributed by atoms with van der Waals surface area (Å²) in [5.41, 5.74) is 1.54. The summed E-state index contributed by atoms with van der Waals surface area (Å²) in [4.78, 5) is 14.5. The Morgan fingerprint density at radius 3 is 2.58 bits per heavy atom. The van der Waals surface area contributed by atoms with Gasteiger partial charge in [-0.25, -0.2) is 0 Å². The molecule has 2 aromatic rings. The molecule has 1 unspecified atom stereocenters. The van der Waals surface area contributed by atoms with Gasteiger partial charge in [-0.3, -0.25) is 4.79 Å². The van der Waals surface area contributed by atoms with Crippen molar-refractivity contribution in [3.05, 3.63) is 53.6 Å². The zero-order valence-corrected chi connectivity index (χ0v) is 14.1. The van der Waals surface area contributed by atoms with E-state index in [2.05, 4.69) is 0 Å². The Kier molecular flexibility index (Phi) is 4.60. The number of fused-ring (bicyclic) bond motifs is 1. The van der Waals surface area contributed by atoms with Gasteiger partial charge >= 0.3 is 0 Å². The summed E-state index contributed by atoms with van der Waals surface area (Å²) in [6.45, 7) is 3.01. The molecule has 3 rings (SSSR count). The molecule has 1 aliphatic heterocycles. The van der Waals surface area contributed by atoms with Crippen molar-refractivity contribution < 1.29 is 19.0 Å².